The molecular formula is C15H24O3. The number of unbranched alkanes of at least 4 members (excludes halogenated alkanes) is 1. The summed E-state index contributed by atoms with van der Waals surface area (Å²) in [6.45, 7) is 1.92. The summed E-state index contributed by atoms with van der Waals surface area (Å²) in [5, 5.41) is 28.2. The predicted molar refractivity (Wildman–Crippen MR) is 72.6 cm³/mol. The Kier molecular flexibility index (Phi) is 6.76. The van der Waals surface area contributed by atoms with Crippen molar-refractivity contribution in [1.82, 2.24) is 0 Å². The number of aromatic hydroxyl groups is 1. The largest absolute Gasteiger partial charge is 0.508 e. The first-order valence-electron chi connectivity index (χ1n) is 6.76. The summed E-state index contributed by atoms with van der Waals surface area (Å²) < 4.78 is 0. The molecule has 0 amide bonds. The first kappa shape index (κ1) is 15.0. The first-order valence-corrected chi connectivity index (χ1v) is 6.76. The van der Waals surface area contributed by atoms with E-state index in [4.69, 9.17) is 5.11 Å². The van der Waals surface area contributed by atoms with Gasteiger partial charge in [0.2, 0.25) is 0 Å². The third-order valence-corrected chi connectivity index (χ3v) is 3.20. The number of benzene rings is 1. The molecule has 0 aromatic heterocycles. The monoisotopic (exact) mass is 252 g/mol. The summed E-state index contributed by atoms with van der Waals surface area (Å²) in [6.07, 6.45) is 4.10. The fourth-order valence-electron chi connectivity index (χ4n) is 1.97. The van der Waals surface area contributed by atoms with Crippen molar-refractivity contribution in [1.29, 1.82) is 0 Å². The molecule has 1 aromatic rings. The number of phenols is 1. The van der Waals surface area contributed by atoms with Crippen LogP contribution in [0.15, 0.2) is 24.3 Å². The average Bonchev–Trinajstić information content (AvgIpc) is 2.36. The summed E-state index contributed by atoms with van der Waals surface area (Å²) in [4.78, 5) is 0. The third kappa shape index (κ3) is 6.03. The molecule has 18 heavy (non-hydrogen) atoms. The van der Waals surface area contributed by atoms with Gasteiger partial charge in [-0.05, 0) is 49.8 Å². The van der Waals surface area contributed by atoms with E-state index in [1.54, 1.807) is 12.1 Å². The number of aliphatic hydroxyl groups is 2. The topological polar surface area (TPSA) is 60.7 Å². The van der Waals surface area contributed by atoms with E-state index in [-0.39, 0.29) is 12.2 Å². The highest BCUT2D eigenvalue weighted by atomic mass is 16.3. The molecule has 0 radical (unpaired) electrons. The lowest BCUT2D eigenvalue weighted by atomic mass is 10.0. The van der Waals surface area contributed by atoms with Crippen molar-refractivity contribution in [3.63, 3.8) is 0 Å². The summed E-state index contributed by atoms with van der Waals surface area (Å²) >= 11 is 0. The van der Waals surface area contributed by atoms with Gasteiger partial charge >= 0.3 is 0 Å². The summed E-state index contributed by atoms with van der Waals surface area (Å²) in [5.41, 5.74) is 1.20. The van der Waals surface area contributed by atoms with Crippen molar-refractivity contribution in [2.45, 2.75) is 57.7 Å². The molecule has 102 valence electrons. The second kappa shape index (κ2) is 8.11. The van der Waals surface area contributed by atoms with Crippen molar-refractivity contribution in [2.24, 2.45) is 0 Å². The van der Waals surface area contributed by atoms with Gasteiger partial charge in [-0.2, -0.15) is 0 Å². The first-order chi connectivity index (χ1) is 8.61. The molecule has 1 rings (SSSR count). The highest BCUT2D eigenvalue weighted by molar-refractivity contribution is 5.25. The van der Waals surface area contributed by atoms with Crippen LogP contribution in [0.1, 0.15) is 44.6 Å². The van der Waals surface area contributed by atoms with E-state index in [0.717, 1.165) is 25.7 Å². The van der Waals surface area contributed by atoms with Gasteiger partial charge in [-0.1, -0.05) is 25.5 Å². The zero-order valence-corrected chi connectivity index (χ0v) is 11.0. The van der Waals surface area contributed by atoms with Crippen molar-refractivity contribution < 1.29 is 15.3 Å². The molecule has 0 aliphatic rings. The van der Waals surface area contributed by atoms with E-state index >= 15 is 0 Å². The van der Waals surface area contributed by atoms with Crippen molar-refractivity contribution >= 4 is 0 Å². The Hall–Kier alpha value is -1.06. The molecule has 0 saturated carbocycles. The molecule has 3 nitrogen and oxygen atoms in total. The Balaban J connectivity index is 2.13. The van der Waals surface area contributed by atoms with Crippen LogP contribution in [-0.2, 0) is 6.42 Å². The number of hydrogen-bond acceptors (Lipinski definition) is 3. The highest BCUT2D eigenvalue weighted by Crippen LogP contribution is 2.14. The Bertz CT molecular complexity index is 321. The van der Waals surface area contributed by atoms with Crippen molar-refractivity contribution in [3.05, 3.63) is 29.8 Å². The maximum Gasteiger partial charge on any atom is 0.115 e. The van der Waals surface area contributed by atoms with Gasteiger partial charge in [-0.3, -0.25) is 0 Å². The molecule has 0 spiro atoms. The standard InChI is InChI=1S/C15H24O3/c1-2-13(16)11-15(18)6-4-3-5-12-7-9-14(17)10-8-12/h7-10,13,15-18H,2-6,11H2,1H3. The van der Waals surface area contributed by atoms with Gasteiger partial charge in [-0.25, -0.2) is 0 Å². The number of rotatable bonds is 8. The highest BCUT2D eigenvalue weighted by Gasteiger charge is 2.09. The molecule has 3 heteroatoms. The van der Waals surface area contributed by atoms with Crippen LogP contribution in [-0.4, -0.2) is 27.5 Å². The Morgan fingerprint density at radius 3 is 2.28 bits per heavy atom. The maximum atomic E-state index is 9.69. The molecule has 0 bridgehead atoms. The molecule has 1 aromatic carbocycles. The van der Waals surface area contributed by atoms with Gasteiger partial charge < -0.3 is 15.3 Å². The van der Waals surface area contributed by atoms with Crippen LogP contribution in [0.5, 0.6) is 5.75 Å². The molecule has 0 aliphatic heterocycles. The van der Waals surface area contributed by atoms with Gasteiger partial charge in [0, 0.05) is 0 Å². The van der Waals surface area contributed by atoms with E-state index in [0.29, 0.717) is 18.6 Å². The molecule has 0 heterocycles. The van der Waals surface area contributed by atoms with E-state index < -0.39 is 0 Å². The smallest absolute Gasteiger partial charge is 0.115 e. The molecule has 3 N–H and O–H groups in total. The van der Waals surface area contributed by atoms with Crippen molar-refractivity contribution in [2.75, 3.05) is 0 Å². The number of hydrogen-bond donors (Lipinski definition) is 3. The quantitative estimate of drug-likeness (QED) is 0.623. The van der Waals surface area contributed by atoms with E-state index in [1.807, 2.05) is 19.1 Å². The molecule has 0 saturated heterocycles. The maximum absolute atomic E-state index is 9.69. The van der Waals surface area contributed by atoms with Gasteiger partial charge in [0.15, 0.2) is 0 Å². The third-order valence-electron chi connectivity index (χ3n) is 3.20. The van der Waals surface area contributed by atoms with Crippen LogP contribution in [0, 0.1) is 0 Å². The van der Waals surface area contributed by atoms with Crippen LogP contribution in [0.3, 0.4) is 0 Å². The predicted octanol–water partition coefficient (Wildman–Crippen LogP) is 2.63. The SMILES string of the molecule is CCC(O)CC(O)CCCCc1ccc(O)cc1. The summed E-state index contributed by atoms with van der Waals surface area (Å²) in [7, 11) is 0. The minimum atomic E-state index is -0.389. The molecule has 0 fully saturated rings. The molecule has 2 atom stereocenters. The lowest BCUT2D eigenvalue weighted by molar-refractivity contribution is 0.0723. The number of aliphatic hydroxyl groups excluding tert-OH is 2. The molecular weight excluding hydrogens is 228 g/mol. The average molecular weight is 252 g/mol. The fraction of sp³-hybridized carbons (Fsp3) is 0.600. The van der Waals surface area contributed by atoms with Crippen LogP contribution in [0.4, 0.5) is 0 Å². The van der Waals surface area contributed by atoms with Gasteiger partial charge in [0.25, 0.3) is 0 Å². The Labute approximate surface area is 109 Å². The minimum Gasteiger partial charge on any atom is -0.508 e. The van der Waals surface area contributed by atoms with E-state index in [2.05, 4.69) is 0 Å². The van der Waals surface area contributed by atoms with Crippen LogP contribution in [0.25, 0.3) is 0 Å². The normalized spacial score (nSPS) is 14.4. The number of aryl methyl sites for hydroxylation is 1. The fourth-order valence-corrected chi connectivity index (χ4v) is 1.97. The van der Waals surface area contributed by atoms with Crippen LogP contribution in [0.2, 0.25) is 0 Å². The van der Waals surface area contributed by atoms with E-state index in [1.165, 1.54) is 5.56 Å². The van der Waals surface area contributed by atoms with Gasteiger partial charge in [-0.15, -0.1) is 0 Å². The Morgan fingerprint density at radius 2 is 1.67 bits per heavy atom. The zero-order valence-electron chi connectivity index (χ0n) is 11.0. The van der Waals surface area contributed by atoms with Crippen LogP contribution >= 0.6 is 0 Å². The Morgan fingerprint density at radius 1 is 1.00 bits per heavy atom. The van der Waals surface area contributed by atoms with E-state index in [9.17, 15) is 10.2 Å². The molecule has 0 aliphatic carbocycles. The van der Waals surface area contributed by atoms with Gasteiger partial charge in [0.05, 0.1) is 12.2 Å². The minimum absolute atomic E-state index is 0.294. The second-order valence-corrected chi connectivity index (χ2v) is 4.86. The van der Waals surface area contributed by atoms with Crippen molar-refractivity contribution in [3.8, 4) is 5.75 Å². The van der Waals surface area contributed by atoms with Crippen LogP contribution < -0.4 is 0 Å². The lowest BCUT2D eigenvalue weighted by Gasteiger charge is -2.13. The number of phenolic OH excluding ortho intramolecular Hbond substituents is 1. The lowest BCUT2D eigenvalue weighted by Crippen LogP contribution is -2.16. The zero-order chi connectivity index (χ0) is 13.4. The second-order valence-electron chi connectivity index (χ2n) is 4.86. The summed E-state index contributed by atoms with van der Waals surface area (Å²) in [5.74, 6) is 0.294. The molecule has 2 unspecified atom stereocenters. The summed E-state index contributed by atoms with van der Waals surface area (Å²) in [6, 6.07) is 7.24. The van der Waals surface area contributed by atoms with Gasteiger partial charge in [0.1, 0.15) is 5.75 Å².